The van der Waals surface area contributed by atoms with Gasteiger partial charge in [0.15, 0.2) is 0 Å². The van der Waals surface area contributed by atoms with Crippen LogP contribution in [0.15, 0.2) is 48.5 Å². The van der Waals surface area contributed by atoms with E-state index in [0.717, 1.165) is 0 Å². The highest BCUT2D eigenvalue weighted by atomic mass is 35.5. The van der Waals surface area contributed by atoms with Crippen molar-refractivity contribution >= 4 is 45.0 Å². The number of nitrogens with zero attached hydrogens (tertiary/aromatic N) is 2. The maximum atomic E-state index is 13.2. The van der Waals surface area contributed by atoms with Gasteiger partial charge in [0.25, 0.3) is 0 Å². The maximum Gasteiger partial charge on any atom is 0.248 e. The second-order valence-electron chi connectivity index (χ2n) is 6.92. The second kappa shape index (κ2) is 10.1. The zero-order valence-electron chi connectivity index (χ0n) is 18.1. The molecule has 3 rings (SSSR count). The molecule has 0 aliphatic heterocycles. The monoisotopic (exact) mass is 492 g/mol. The molecule has 0 aliphatic carbocycles. The van der Waals surface area contributed by atoms with E-state index in [1.807, 2.05) is 0 Å². The number of benzene rings is 2. The molecule has 0 radical (unpaired) electrons. The van der Waals surface area contributed by atoms with Crippen LogP contribution in [0.4, 0.5) is 15.8 Å². The molecule has 2 N–H and O–H groups in total. The quantitative estimate of drug-likeness (QED) is 0.454. The number of sulfonamides is 1. The fourth-order valence-corrected chi connectivity index (χ4v) is 3.87. The maximum absolute atomic E-state index is 13.2. The van der Waals surface area contributed by atoms with Crippen LogP contribution in [0.25, 0.3) is 11.8 Å². The van der Waals surface area contributed by atoms with E-state index in [0.29, 0.717) is 22.6 Å². The molecule has 0 aliphatic rings. The largest absolute Gasteiger partial charge is 0.494 e. The number of nitrogens with one attached hydrogen (secondary N) is 2. The lowest BCUT2D eigenvalue weighted by molar-refractivity contribution is -0.111. The Kier molecular flexibility index (Phi) is 7.39. The van der Waals surface area contributed by atoms with Crippen molar-refractivity contribution in [3.63, 3.8) is 0 Å². The molecular formula is C22H22ClFN4O4S. The Labute approximate surface area is 196 Å². The van der Waals surface area contributed by atoms with Gasteiger partial charge < -0.3 is 10.1 Å². The number of amides is 1. The van der Waals surface area contributed by atoms with Crippen LogP contribution >= 0.6 is 11.6 Å². The third kappa shape index (κ3) is 5.91. The first kappa shape index (κ1) is 24.3. The lowest BCUT2D eigenvalue weighted by Gasteiger charge is -2.12. The van der Waals surface area contributed by atoms with Crippen LogP contribution < -0.4 is 14.8 Å². The number of carbonyl (C=O) groups excluding carboxylic acids is 1. The molecule has 0 fully saturated rings. The standard InChI is InChI=1S/C22H22ClFN4O4S/c1-4-33(30,31)27-19-11-7-16(13-20(19)32-3)25-21(29)12-10-18-14(2)26-28(22(18)23)17-8-5-15(24)6-9-17/h5-13,27H,4H2,1-3H3,(H,25,29). The Morgan fingerprint density at radius 1 is 1.24 bits per heavy atom. The first-order valence-electron chi connectivity index (χ1n) is 9.82. The summed E-state index contributed by atoms with van der Waals surface area (Å²) in [6.07, 6.45) is 2.83. The Bertz CT molecular complexity index is 1300. The lowest BCUT2D eigenvalue weighted by atomic mass is 10.2. The van der Waals surface area contributed by atoms with Crippen LogP contribution in [0.2, 0.25) is 5.15 Å². The third-order valence-corrected chi connectivity index (χ3v) is 6.29. The molecule has 0 atom stereocenters. The molecule has 3 aromatic rings. The molecule has 0 unspecified atom stereocenters. The zero-order valence-corrected chi connectivity index (χ0v) is 19.7. The van der Waals surface area contributed by atoms with E-state index in [1.54, 1.807) is 25.1 Å². The molecule has 174 valence electrons. The van der Waals surface area contributed by atoms with Gasteiger partial charge in [0.05, 0.1) is 29.9 Å². The van der Waals surface area contributed by atoms with Gasteiger partial charge in [0.2, 0.25) is 15.9 Å². The van der Waals surface area contributed by atoms with Crippen molar-refractivity contribution in [2.24, 2.45) is 0 Å². The summed E-state index contributed by atoms with van der Waals surface area (Å²) >= 11 is 6.42. The van der Waals surface area contributed by atoms with E-state index in [9.17, 15) is 17.6 Å². The highest BCUT2D eigenvalue weighted by molar-refractivity contribution is 7.92. The van der Waals surface area contributed by atoms with Crippen LogP contribution in [0.5, 0.6) is 5.75 Å². The Morgan fingerprint density at radius 3 is 2.58 bits per heavy atom. The molecule has 1 heterocycles. The number of aromatic nitrogens is 2. The summed E-state index contributed by atoms with van der Waals surface area (Å²) in [4.78, 5) is 12.4. The van der Waals surface area contributed by atoms with Crippen molar-refractivity contribution in [3.8, 4) is 11.4 Å². The van der Waals surface area contributed by atoms with E-state index >= 15 is 0 Å². The number of rotatable bonds is 8. The highest BCUT2D eigenvalue weighted by Gasteiger charge is 2.14. The number of carbonyl (C=O) groups is 1. The molecule has 0 saturated heterocycles. The minimum Gasteiger partial charge on any atom is -0.494 e. The van der Waals surface area contributed by atoms with Crippen LogP contribution in [0.3, 0.4) is 0 Å². The number of halogens is 2. The predicted molar refractivity (Wildman–Crippen MR) is 127 cm³/mol. The molecular weight excluding hydrogens is 471 g/mol. The van der Waals surface area contributed by atoms with Crippen molar-refractivity contribution in [2.45, 2.75) is 13.8 Å². The highest BCUT2D eigenvalue weighted by Crippen LogP contribution is 2.29. The number of methoxy groups -OCH3 is 1. The van der Waals surface area contributed by atoms with Crippen molar-refractivity contribution in [2.75, 3.05) is 22.9 Å². The Balaban J connectivity index is 1.76. The first-order valence-corrected chi connectivity index (χ1v) is 11.8. The summed E-state index contributed by atoms with van der Waals surface area (Å²) < 4.78 is 45.9. The summed E-state index contributed by atoms with van der Waals surface area (Å²) in [6.45, 7) is 3.26. The van der Waals surface area contributed by atoms with Gasteiger partial charge in [0.1, 0.15) is 16.7 Å². The molecule has 0 bridgehead atoms. The molecule has 2 aromatic carbocycles. The van der Waals surface area contributed by atoms with Crippen molar-refractivity contribution in [1.82, 2.24) is 9.78 Å². The minimum absolute atomic E-state index is 0.0842. The van der Waals surface area contributed by atoms with Crippen molar-refractivity contribution in [1.29, 1.82) is 0 Å². The molecule has 0 saturated carbocycles. The third-order valence-electron chi connectivity index (χ3n) is 4.64. The van der Waals surface area contributed by atoms with E-state index in [4.69, 9.17) is 16.3 Å². The molecule has 1 aromatic heterocycles. The Hall–Kier alpha value is -3.37. The number of aryl methyl sites for hydroxylation is 1. The van der Waals surface area contributed by atoms with Gasteiger partial charge in [-0.05, 0) is 56.3 Å². The fourth-order valence-electron chi connectivity index (χ4n) is 2.89. The average molecular weight is 493 g/mol. The van der Waals surface area contributed by atoms with Gasteiger partial charge in [-0.3, -0.25) is 9.52 Å². The van der Waals surface area contributed by atoms with Crippen LogP contribution in [-0.4, -0.2) is 37.0 Å². The van der Waals surface area contributed by atoms with Crippen LogP contribution in [0, 0.1) is 12.7 Å². The van der Waals surface area contributed by atoms with Gasteiger partial charge >= 0.3 is 0 Å². The number of anilines is 2. The number of ether oxygens (including phenoxy) is 1. The normalized spacial score (nSPS) is 11.5. The SMILES string of the molecule is CCS(=O)(=O)Nc1ccc(NC(=O)C=Cc2c(C)nn(-c3ccc(F)cc3)c2Cl)cc1OC. The van der Waals surface area contributed by atoms with Crippen LogP contribution in [0.1, 0.15) is 18.2 Å². The average Bonchev–Trinajstić information content (AvgIpc) is 3.07. The molecule has 8 nitrogen and oxygen atoms in total. The topological polar surface area (TPSA) is 102 Å². The number of hydrogen-bond donors (Lipinski definition) is 2. The van der Waals surface area contributed by atoms with Gasteiger partial charge in [0, 0.05) is 23.4 Å². The summed E-state index contributed by atoms with van der Waals surface area (Å²) in [7, 11) is -2.08. The summed E-state index contributed by atoms with van der Waals surface area (Å²) in [5, 5.41) is 7.30. The van der Waals surface area contributed by atoms with Gasteiger partial charge in [-0.25, -0.2) is 17.5 Å². The minimum atomic E-state index is -3.48. The summed E-state index contributed by atoms with van der Waals surface area (Å²) in [5.41, 5.74) is 2.38. The van der Waals surface area contributed by atoms with E-state index in [2.05, 4.69) is 15.1 Å². The molecule has 33 heavy (non-hydrogen) atoms. The van der Waals surface area contributed by atoms with Crippen molar-refractivity contribution in [3.05, 3.63) is 70.8 Å². The van der Waals surface area contributed by atoms with Gasteiger partial charge in [-0.15, -0.1) is 0 Å². The smallest absolute Gasteiger partial charge is 0.248 e. The van der Waals surface area contributed by atoms with E-state index in [-0.39, 0.29) is 28.2 Å². The second-order valence-corrected chi connectivity index (χ2v) is 9.29. The lowest BCUT2D eigenvalue weighted by Crippen LogP contribution is -2.15. The van der Waals surface area contributed by atoms with Gasteiger partial charge in [-0.1, -0.05) is 11.6 Å². The molecule has 0 spiro atoms. The predicted octanol–water partition coefficient (Wildman–Crippen LogP) is 4.40. The van der Waals surface area contributed by atoms with Gasteiger partial charge in [-0.2, -0.15) is 5.10 Å². The Morgan fingerprint density at radius 2 is 1.94 bits per heavy atom. The zero-order chi connectivity index (χ0) is 24.2. The van der Waals surface area contributed by atoms with E-state index in [1.165, 1.54) is 55.1 Å². The molecule has 1 amide bonds. The molecule has 11 heteroatoms. The fraction of sp³-hybridized carbons (Fsp3) is 0.182. The first-order chi connectivity index (χ1) is 15.6. The van der Waals surface area contributed by atoms with Crippen molar-refractivity contribution < 1.29 is 22.3 Å². The number of hydrogen-bond acceptors (Lipinski definition) is 5. The van der Waals surface area contributed by atoms with Crippen LogP contribution in [-0.2, 0) is 14.8 Å². The summed E-state index contributed by atoms with van der Waals surface area (Å²) in [5.74, 6) is -0.640. The van der Waals surface area contributed by atoms with E-state index < -0.39 is 15.9 Å². The summed E-state index contributed by atoms with van der Waals surface area (Å²) in [6, 6.07) is 10.3.